The van der Waals surface area contributed by atoms with Crippen molar-refractivity contribution < 1.29 is 8.42 Å². The molecule has 0 fully saturated rings. The van der Waals surface area contributed by atoms with E-state index in [0.29, 0.717) is 10.8 Å². The number of hydrogen-bond donors (Lipinski definition) is 2. The van der Waals surface area contributed by atoms with Crippen LogP contribution in [0, 0.1) is 6.92 Å². The summed E-state index contributed by atoms with van der Waals surface area (Å²) in [6, 6.07) is 3.56. The van der Waals surface area contributed by atoms with E-state index in [1.54, 1.807) is 12.3 Å². The zero-order valence-corrected chi connectivity index (χ0v) is 14.5. The summed E-state index contributed by atoms with van der Waals surface area (Å²) in [6.07, 6.45) is 2.56. The van der Waals surface area contributed by atoms with Crippen molar-refractivity contribution in [3.05, 3.63) is 33.1 Å². The maximum absolute atomic E-state index is 12.2. The maximum atomic E-state index is 12.2. The van der Waals surface area contributed by atoms with E-state index in [9.17, 15) is 8.42 Å². The predicted octanol–water partition coefficient (Wildman–Crippen LogP) is 2.14. The van der Waals surface area contributed by atoms with Crippen molar-refractivity contribution in [2.75, 3.05) is 13.1 Å². The summed E-state index contributed by atoms with van der Waals surface area (Å²) in [5, 5.41) is 4.17. The summed E-state index contributed by atoms with van der Waals surface area (Å²) < 4.78 is 27.4. The molecule has 0 saturated carbocycles. The largest absolute Gasteiger partial charge is 0.317 e. The van der Waals surface area contributed by atoms with Crippen molar-refractivity contribution in [2.45, 2.75) is 31.0 Å². The maximum Gasteiger partial charge on any atom is 0.250 e. The highest BCUT2D eigenvalue weighted by molar-refractivity contribution is 7.91. The first-order chi connectivity index (χ1) is 10.0. The van der Waals surface area contributed by atoms with Gasteiger partial charge in [0.2, 0.25) is 10.0 Å². The Balaban J connectivity index is 1.95. The van der Waals surface area contributed by atoms with Gasteiger partial charge < -0.3 is 5.32 Å². The first-order valence-corrected chi connectivity index (χ1v) is 9.83. The van der Waals surface area contributed by atoms with Crippen LogP contribution in [0.5, 0.6) is 0 Å². The molecule has 2 aromatic rings. The van der Waals surface area contributed by atoms with Gasteiger partial charge in [0, 0.05) is 22.5 Å². The van der Waals surface area contributed by atoms with Crippen LogP contribution in [0.2, 0.25) is 0 Å². The van der Waals surface area contributed by atoms with Gasteiger partial charge in [-0.15, -0.1) is 22.7 Å². The summed E-state index contributed by atoms with van der Waals surface area (Å²) in [6.45, 7) is 6.03. The normalized spacial score (nSPS) is 11.9. The van der Waals surface area contributed by atoms with Crippen LogP contribution in [0.25, 0.3) is 0 Å². The third kappa shape index (κ3) is 4.86. The molecular weight excluding hydrogens is 326 g/mol. The quantitative estimate of drug-likeness (QED) is 0.719. The lowest BCUT2D eigenvalue weighted by Crippen LogP contribution is -2.21. The topological polar surface area (TPSA) is 71.1 Å². The number of sulfonamides is 1. The summed E-state index contributed by atoms with van der Waals surface area (Å²) in [4.78, 5) is 6.11. The number of thiophene rings is 1. The van der Waals surface area contributed by atoms with Gasteiger partial charge in [-0.3, -0.25) is 0 Å². The van der Waals surface area contributed by atoms with Crippen LogP contribution < -0.4 is 10.0 Å². The van der Waals surface area contributed by atoms with Gasteiger partial charge in [-0.05, 0) is 38.6 Å². The molecule has 2 aromatic heterocycles. The Labute approximate surface area is 133 Å². The van der Waals surface area contributed by atoms with Crippen LogP contribution in [0.3, 0.4) is 0 Å². The minimum Gasteiger partial charge on any atom is -0.317 e. The molecule has 0 aliphatic rings. The van der Waals surface area contributed by atoms with E-state index in [0.717, 1.165) is 34.3 Å². The molecule has 21 heavy (non-hydrogen) atoms. The molecule has 2 N–H and O–H groups in total. The van der Waals surface area contributed by atoms with Crippen molar-refractivity contribution in [2.24, 2.45) is 0 Å². The molecule has 2 heterocycles. The highest BCUT2D eigenvalue weighted by atomic mass is 32.2. The Hall–Kier alpha value is -0.800. The van der Waals surface area contributed by atoms with Crippen molar-refractivity contribution in [1.82, 2.24) is 15.0 Å². The molecule has 8 heteroatoms. The molecule has 5 nitrogen and oxygen atoms in total. The number of nitrogens with one attached hydrogen (secondary N) is 2. The van der Waals surface area contributed by atoms with E-state index >= 15 is 0 Å². The molecule has 116 valence electrons. The molecule has 0 aliphatic carbocycles. The third-order valence-corrected chi connectivity index (χ3v) is 6.76. The molecule has 0 aromatic carbocycles. The van der Waals surface area contributed by atoms with E-state index in [1.807, 2.05) is 13.0 Å². The number of aryl methyl sites for hydroxylation is 1. The molecule has 0 bridgehead atoms. The average molecular weight is 346 g/mol. The Morgan fingerprint density at radius 1 is 1.24 bits per heavy atom. The van der Waals surface area contributed by atoms with Gasteiger partial charge >= 0.3 is 0 Å². The summed E-state index contributed by atoms with van der Waals surface area (Å²) in [5.74, 6) is 0. The second-order valence-electron chi connectivity index (χ2n) is 4.49. The fourth-order valence-corrected chi connectivity index (χ4v) is 4.98. The number of rotatable bonds is 8. The number of nitrogens with zero attached hydrogens (tertiary/aromatic N) is 1. The van der Waals surface area contributed by atoms with Crippen LogP contribution in [0.4, 0.5) is 0 Å². The van der Waals surface area contributed by atoms with E-state index in [-0.39, 0.29) is 0 Å². The van der Waals surface area contributed by atoms with E-state index < -0.39 is 10.0 Å². The molecule has 0 saturated heterocycles. The summed E-state index contributed by atoms with van der Waals surface area (Å²) >= 11 is 2.83. The van der Waals surface area contributed by atoms with Crippen LogP contribution in [0.15, 0.2) is 22.5 Å². The molecule has 0 spiro atoms. The molecule has 2 rings (SSSR count). The zero-order valence-electron chi connectivity index (χ0n) is 12.0. The molecule has 0 atom stereocenters. The highest BCUT2D eigenvalue weighted by Crippen LogP contribution is 2.22. The second-order valence-corrected chi connectivity index (χ2v) is 8.98. The number of likely N-dealkylation sites (N-methyl/N-ethyl adjacent to an activating group) is 1. The van der Waals surface area contributed by atoms with Gasteiger partial charge in [0.1, 0.15) is 4.21 Å². The van der Waals surface area contributed by atoms with Crippen molar-refractivity contribution in [3.8, 4) is 0 Å². The van der Waals surface area contributed by atoms with E-state index in [1.165, 1.54) is 22.7 Å². The molecule has 0 unspecified atom stereocenters. The standard InChI is InChI=1S/C13H19N3O2S3/c1-3-14-7-6-11-4-5-13(20-11)21(17,18)16-9-12-8-15-10(2)19-12/h4-5,8,14,16H,3,6-7,9H2,1-2H3. The lowest BCUT2D eigenvalue weighted by atomic mass is 10.3. The Bertz CT molecular complexity index is 676. The fourth-order valence-electron chi connectivity index (χ4n) is 1.75. The number of hydrogen-bond acceptors (Lipinski definition) is 6. The number of thiazole rings is 1. The Morgan fingerprint density at radius 3 is 2.71 bits per heavy atom. The molecule has 0 aliphatic heterocycles. The van der Waals surface area contributed by atoms with Crippen molar-refractivity contribution >= 4 is 32.7 Å². The third-order valence-electron chi connectivity index (χ3n) is 2.81. The zero-order chi connectivity index (χ0) is 15.3. The smallest absolute Gasteiger partial charge is 0.250 e. The first kappa shape index (κ1) is 16.6. The lowest BCUT2D eigenvalue weighted by molar-refractivity contribution is 0.584. The fraction of sp³-hybridized carbons (Fsp3) is 0.462. The second kappa shape index (κ2) is 7.46. The Morgan fingerprint density at radius 2 is 2.05 bits per heavy atom. The van der Waals surface area contributed by atoms with Crippen LogP contribution in [-0.4, -0.2) is 26.5 Å². The SMILES string of the molecule is CCNCCc1ccc(S(=O)(=O)NCc2cnc(C)s2)s1. The van der Waals surface area contributed by atoms with Gasteiger partial charge in [0.15, 0.2) is 0 Å². The van der Waals surface area contributed by atoms with Gasteiger partial charge in [-0.25, -0.2) is 18.1 Å². The summed E-state index contributed by atoms with van der Waals surface area (Å²) in [7, 11) is -3.43. The summed E-state index contributed by atoms with van der Waals surface area (Å²) in [5.41, 5.74) is 0. The lowest BCUT2D eigenvalue weighted by Gasteiger charge is -2.02. The van der Waals surface area contributed by atoms with Gasteiger partial charge in [-0.2, -0.15) is 0 Å². The Kier molecular flexibility index (Phi) is 5.88. The highest BCUT2D eigenvalue weighted by Gasteiger charge is 2.16. The van der Waals surface area contributed by atoms with Crippen LogP contribution >= 0.6 is 22.7 Å². The van der Waals surface area contributed by atoms with Crippen molar-refractivity contribution in [3.63, 3.8) is 0 Å². The van der Waals surface area contributed by atoms with Gasteiger partial charge in [0.05, 0.1) is 5.01 Å². The predicted molar refractivity (Wildman–Crippen MR) is 87.4 cm³/mol. The van der Waals surface area contributed by atoms with Crippen molar-refractivity contribution in [1.29, 1.82) is 0 Å². The minimum absolute atomic E-state index is 0.290. The number of aromatic nitrogens is 1. The monoisotopic (exact) mass is 345 g/mol. The van der Waals surface area contributed by atoms with E-state index in [4.69, 9.17) is 0 Å². The average Bonchev–Trinajstić information content (AvgIpc) is 3.06. The van der Waals surface area contributed by atoms with E-state index in [2.05, 4.69) is 21.9 Å². The molecular formula is C13H19N3O2S3. The first-order valence-electron chi connectivity index (χ1n) is 6.71. The van der Waals surface area contributed by atoms with Gasteiger partial charge in [0.25, 0.3) is 0 Å². The minimum atomic E-state index is -3.43. The van der Waals surface area contributed by atoms with Gasteiger partial charge in [-0.1, -0.05) is 6.92 Å². The molecule has 0 amide bonds. The van der Waals surface area contributed by atoms with Crippen LogP contribution in [-0.2, 0) is 23.0 Å². The van der Waals surface area contributed by atoms with Crippen LogP contribution in [0.1, 0.15) is 21.7 Å². The molecule has 0 radical (unpaired) electrons.